The third kappa shape index (κ3) is 12.0. The maximum Gasteiger partial charge on any atom is 0.336 e. The Balaban J connectivity index is 1.62. The molecule has 2 aromatic rings. The van der Waals surface area contributed by atoms with Crippen molar-refractivity contribution in [3.8, 4) is 0 Å². The lowest BCUT2D eigenvalue weighted by Crippen LogP contribution is -2.49. The number of carbonyl (C=O) groups excluding carboxylic acids is 2. The predicted octanol–water partition coefficient (Wildman–Crippen LogP) is 0.376. The molecule has 4 N–H and O–H groups in total. The summed E-state index contributed by atoms with van der Waals surface area (Å²) in [4.78, 5) is 49.9. The average Bonchev–Trinajstić information content (AvgIpc) is 3.02. The smallest absolute Gasteiger partial charge is 0.336 e. The third-order valence-corrected chi connectivity index (χ3v) is 6.27. The Labute approximate surface area is 254 Å². The quantitative estimate of drug-likeness (QED) is 0.319. The lowest BCUT2D eigenvalue weighted by atomic mass is 10.1. The van der Waals surface area contributed by atoms with E-state index in [-0.39, 0.29) is 65.9 Å². The van der Waals surface area contributed by atoms with Gasteiger partial charge in [0.25, 0.3) is 11.8 Å². The van der Waals surface area contributed by atoms with Crippen molar-refractivity contribution in [2.75, 3.05) is 52.9 Å². The number of aliphatic carboxylic acids is 2. The zero-order chi connectivity index (χ0) is 31.6. The first-order chi connectivity index (χ1) is 21.4. The molecular weight excluding hydrogens is 580 g/mol. The number of nitrogens with one attached hydrogen (secondary N) is 2. The highest BCUT2D eigenvalue weighted by molar-refractivity contribution is 5.88. The standard InChI is InChI=1S/C30H38N2O12/c33-27(31-19-21-7-3-1-4-8-21)23-25(29(35)36)43-17-13-40-12-16-42-24(28(34)32-20-22-9-5-2-6-10-22)26(30(37)38)44-18-14-39-11-15-41-23/h1-10,23-26H,11-20H2,(H,31,33)(H,32,34)(H,35,36)(H,37,38)/t23-,24-,25-,26-/m1/s1. The van der Waals surface area contributed by atoms with Crippen molar-refractivity contribution in [2.45, 2.75) is 37.5 Å². The molecule has 0 aromatic heterocycles. The van der Waals surface area contributed by atoms with Crippen molar-refractivity contribution in [2.24, 2.45) is 0 Å². The van der Waals surface area contributed by atoms with Crippen molar-refractivity contribution >= 4 is 23.8 Å². The summed E-state index contributed by atoms with van der Waals surface area (Å²) in [6, 6.07) is 18.1. The van der Waals surface area contributed by atoms with E-state index in [0.717, 1.165) is 11.1 Å². The van der Waals surface area contributed by atoms with Gasteiger partial charge in [-0.25, -0.2) is 9.59 Å². The predicted molar refractivity (Wildman–Crippen MR) is 152 cm³/mol. The van der Waals surface area contributed by atoms with E-state index >= 15 is 0 Å². The molecule has 2 amide bonds. The minimum Gasteiger partial charge on any atom is -0.479 e. The molecular formula is C30H38N2O12. The van der Waals surface area contributed by atoms with E-state index < -0.39 is 48.2 Å². The minimum atomic E-state index is -1.64. The van der Waals surface area contributed by atoms with Crippen molar-refractivity contribution < 1.29 is 57.8 Å². The summed E-state index contributed by atoms with van der Waals surface area (Å²) < 4.78 is 33.0. The van der Waals surface area contributed by atoms with Crippen molar-refractivity contribution in [3.63, 3.8) is 0 Å². The second-order valence-electron chi connectivity index (χ2n) is 9.47. The Kier molecular flexibility index (Phi) is 15.2. The van der Waals surface area contributed by atoms with Crippen molar-refractivity contribution in [3.05, 3.63) is 71.8 Å². The summed E-state index contributed by atoms with van der Waals surface area (Å²) >= 11 is 0. The van der Waals surface area contributed by atoms with Gasteiger partial charge in [-0.2, -0.15) is 0 Å². The van der Waals surface area contributed by atoms with E-state index in [1.54, 1.807) is 24.3 Å². The number of carboxylic acids is 2. The van der Waals surface area contributed by atoms with Crippen LogP contribution in [-0.4, -0.2) is 111 Å². The molecule has 0 unspecified atom stereocenters. The molecule has 4 atom stereocenters. The van der Waals surface area contributed by atoms with E-state index in [1.165, 1.54) is 0 Å². The molecule has 2 aromatic carbocycles. The summed E-state index contributed by atoms with van der Waals surface area (Å²) in [6.07, 6.45) is -6.27. The second-order valence-corrected chi connectivity index (χ2v) is 9.47. The molecule has 0 spiro atoms. The van der Waals surface area contributed by atoms with Crippen LogP contribution in [0.5, 0.6) is 0 Å². The number of carboxylic acid groups (broad SMARTS) is 2. The van der Waals surface area contributed by atoms with E-state index in [2.05, 4.69) is 10.6 Å². The molecule has 1 heterocycles. The normalized spacial score (nSPS) is 22.9. The van der Waals surface area contributed by atoms with Gasteiger partial charge < -0.3 is 49.3 Å². The highest BCUT2D eigenvalue weighted by atomic mass is 16.6. The summed E-state index contributed by atoms with van der Waals surface area (Å²) in [6.45, 7) is -0.782. The fourth-order valence-corrected chi connectivity index (χ4v) is 4.09. The number of hydrogen-bond donors (Lipinski definition) is 4. The fraction of sp³-hybridized carbons (Fsp3) is 0.467. The molecule has 0 bridgehead atoms. The second kappa shape index (κ2) is 19.4. The van der Waals surface area contributed by atoms with E-state index in [0.29, 0.717) is 0 Å². The van der Waals surface area contributed by atoms with Crippen LogP contribution in [-0.2, 0) is 60.7 Å². The molecule has 44 heavy (non-hydrogen) atoms. The van der Waals surface area contributed by atoms with Crippen LogP contribution in [0.3, 0.4) is 0 Å². The van der Waals surface area contributed by atoms with Crippen LogP contribution in [0, 0.1) is 0 Å². The maximum absolute atomic E-state index is 12.9. The number of rotatable bonds is 8. The summed E-state index contributed by atoms with van der Waals surface area (Å²) in [5, 5.41) is 24.9. The Morgan fingerprint density at radius 2 is 0.841 bits per heavy atom. The monoisotopic (exact) mass is 618 g/mol. The van der Waals surface area contributed by atoms with Gasteiger partial charge in [0.15, 0.2) is 24.4 Å². The molecule has 1 fully saturated rings. The van der Waals surface area contributed by atoms with Crippen LogP contribution >= 0.6 is 0 Å². The minimum absolute atomic E-state index is 0.0729. The van der Waals surface area contributed by atoms with Gasteiger partial charge in [0.05, 0.1) is 52.9 Å². The lowest BCUT2D eigenvalue weighted by Gasteiger charge is -2.25. The van der Waals surface area contributed by atoms with E-state index in [9.17, 15) is 29.4 Å². The van der Waals surface area contributed by atoms with Crippen LogP contribution in [0.4, 0.5) is 0 Å². The molecule has 1 aliphatic rings. The van der Waals surface area contributed by atoms with Gasteiger partial charge in [-0.3, -0.25) is 9.59 Å². The van der Waals surface area contributed by atoms with Crippen LogP contribution < -0.4 is 10.6 Å². The zero-order valence-electron chi connectivity index (χ0n) is 24.1. The van der Waals surface area contributed by atoms with Gasteiger partial charge in [-0.05, 0) is 11.1 Å². The summed E-state index contributed by atoms with van der Waals surface area (Å²) in [7, 11) is 0. The van der Waals surface area contributed by atoms with Gasteiger partial charge >= 0.3 is 11.9 Å². The zero-order valence-corrected chi connectivity index (χ0v) is 24.1. The fourth-order valence-electron chi connectivity index (χ4n) is 4.09. The molecule has 1 aliphatic heterocycles. The first kappa shape index (κ1) is 34.6. The van der Waals surface area contributed by atoms with Gasteiger partial charge in [-0.1, -0.05) is 60.7 Å². The Morgan fingerprint density at radius 1 is 0.523 bits per heavy atom. The van der Waals surface area contributed by atoms with Crippen LogP contribution in [0.25, 0.3) is 0 Å². The van der Waals surface area contributed by atoms with Gasteiger partial charge in [0, 0.05) is 13.1 Å². The summed E-state index contributed by atoms with van der Waals surface area (Å²) in [5.74, 6) is -4.18. The number of ether oxygens (including phenoxy) is 6. The Bertz CT molecular complexity index is 1080. The van der Waals surface area contributed by atoms with Crippen LogP contribution in [0.1, 0.15) is 11.1 Å². The van der Waals surface area contributed by atoms with Crippen LogP contribution in [0.2, 0.25) is 0 Å². The lowest BCUT2D eigenvalue weighted by molar-refractivity contribution is -0.175. The average molecular weight is 619 g/mol. The largest absolute Gasteiger partial charge is 0.479 e. The van der Waals surface area contributed by atoms with Crippen molar-refractivity contribution in [1.29, 1.82) is 0 Å². The van der Waals surface area contributed by atoms with Gasteiger partial charge in [0.1, 0.15) is 0 Å². The van der Waals surface area contributed by atoms with Gasteiger partial charge in [-0.15, -0.1) is 0 Å². The molecule has 0 radical (unpaired) electrons. The molecule has 3 rings (SSSR count). The SMILES string of the molecule is O=C(O)[C@@H]1OCCOCCO[C@@H](C(=O)NCc2ccccc2)[C@H](C(=O)O)OCCOCCO[C@H]1C(=O)NCc1ccccc1. The molecule has 0 aliphatic carbocycles. The highest BCUT2D eigenvalue weighted by Crippen LogP contribution is 2.10. The maximum atomic E-state index is 12.9. The summed E-state index contributed by atoms with van der Waals surface area (Å²) in [5.41, 5.74) is 1.62. The van der Waals surface area contributed by atoms with E-state index in [1.807, 2.05) is 36.4 Å². The Hall–Kier alpha value is -3.92. The number of carbonyl (C=O) groups is 4. The van der Waals surface area contributed by atoms with Gasteiger partial charge in [0.2, 0.25) is 0 Å². The molecule has 1 saturated heterocycles. The third-order valence-electron chi connectivity index (χ3n) is 6.27. The number of amides is 2. The number of hydrogen-bond acceptors (Lipinski definition) is 10. The van der Waals surface area contributed by atoms with E-state index in [4.69, 9.17) is 28.4 Å². The topological polar surface area (TPSA) is 188 Å². The molecule has 14 nitrogen and oxygen atoms in total. The Morgan fingerprint density at radius 3 is 1.16 bits per heavy atom. The van der Waals surface area contributed by atoms with Crippen molar-refractivity contribution in [1.82, 2.24) is 10.6 Å². The molecule has 14 heteroatoms. The molecule has 0 saturated carbocycles. The highest BCUT2D eigenvalue weighted by Gasteiger charge is 2.37. The first-order valence-corrected chi connectivity index (χ1v) is 14.1. The van der Waals surface area contributed by atoms with Crippen LogP contribution in [0.15, 0.2) is 60.7 Å². The first-order valence-electron chi connectivity index (χ1n) is 14.1. The molecule has 240 valence electrons. The number of benzene rings is 2.